The number of hydrogen-bond donors (Lipinski definition) is 1. The second-order valence-corrected chi connectivity index (χ2v) is 8.72. The van der Waals surface area contributed by atoms with Gasteiger partial charge >= 0.3 is 5.97 Å². The summed E-state index contributed by atoms with van der Waals surface area (Å²) in [4.78, 5) is 17.8. The third-order valence-corrected chi connectivity index (χ3v) is 5.70. The van der Waals surface area contributed by atoms with E-state index in [0.29, 0.717) is 17.9 Å². The molecule has 0 saturated carbocycles. The zero-order chi connectivity index (χ0) is 25.0. The summed E-state index contributed by atoms with van der Waals surface area (Å²) in [6.07, 6.45) is 0. The number of aliphatic hydroxyl groups is 1. The fraction of sp³-hybridized carbons (Fsp3) is 0.207. The predicted molar refractivity (Wildman–Crippen MR) is 135 cm³/mol. The van der Waals surface area contributed by atoms with Crippen molar-refractivity contribution in [3.8, 4) is 28.6 Å². The van der Waals surface area contributed by atoms with Crippen LogP contribution < -0.4 is 0 Å². The van der Waals surface area contributed by atoms with Crippen molar-refractivity contribution in [2.24, 2.45) is 0 Å². The summed E-state index contributed by atoms with van der Waals surface area (Å²) in [7, 11) is 0. The van der Waals surface area contributed by atoms with Gasteiger partial charge in [0.2, 0.25) is 0 Å². The molecular formula is C29H27N3O3. The van der Waals surface area contributed by atoms with Crippen molar-refractivity contribution >= 4 is 5.97 Å². The van der Waals surface area contributed by atoms with Crippen molar-refractivity contribution in [2.45, 2.75) is 32.9 Å². The van der Waals surface area contributed by atoms with Crippen LogP contribution in [0.3, 0.4) is 0 Å². The maximum Gasteiger partial charge on any atom is 0.357 e. The number of nitriles is 1. The molecule has 6 heteroatoms. The molecule has 0 saturated heterocycles. The lowest BCUT2D eigenvalue weighted by atomic mass is 9.99. The molecule has 0 aliphatic rings. The number of carbonyl (C=O) groups excluding carboxylic acids is 1. The lowest BCUT2D eigenvalue weighted by Gasteiger charge is -2.17. The molecule has 1 N–H and O–H groups in total. The van der Waals surface area contributed by atoms with E-state index in [2.05, 4.69) is 6.07 Å². The molecule has 0 aliphatic carbocycles. The van der Waals surface area contributed by atoms with Crippen LogP contribution in [0, 0.1) is 11.3 Å². The average Bonchev–Trinajstić information content (AvgIpc) is 3.25. The first-order chi connectivity index (χ1) is 16.8. The van der Waals surface area contributed by atoms with E-state index in [1.165, 1.54) is 0 Å². The van der Waals surface area contributed by atoms with Crippen molar-refractivity contribution in [3.05, 3.63) is 101 Å². The highest BCUT2D eigenvalue weighted by molar-refractivity contribution is 5.90. The van der Waals surface area contributed by atoms with Gasteiger partial charge in [0, 0.05) is 12.1 Å². The fourth-order valence-electron chi connectivity index (χ4n) is 4.05. The lowest BCUT2D eigenvalue weighted by molar-refractivity contribution is 0.0469. The van der Waals surface area contributed by atoms with Crippen LogP contribution in [-0.4, -0.2) is 27.2 Å². The molecule has 0 fully saturated rings. The first-order valence-electron chi connectivity index (χ1n) is 11.5. The molecule has 0 aliphatic heterocycles. The largest absolute Gasteiger partial charge is 0.461 e. The van der Waals surface area contributed by atoms with Crippen molar-refractivity contribution in [2.75, 3.05) is 6.61 Å². The van der Waals surface area contributed by atoms with E-state index in [1.807, 2.05) is 72.8 Å². The molecule has 0 spiro atoms. The molecular weight excluding hydrogens is 438 g/mol. The van der Waals surface area contributed by atoms with Gasteiger partial charge in [0.15, 0.2) is 5.69 Å². The van der Waals surface area contributed by atoms with Crippen LogP contribution in [0.4, 0.5) is 0 Å². The first-order valence-corrected chi connectivity index (χ1v) is 11.5. The van der Waals surface area contributed by atoms with E-state index < -0.39 is 11.6 Å². The Labute approximate surface area is 205 Å². The number of hydrogen-bond acceptors (Lipinski definition) is 5. The van der Waals surface area contributed by atoms with E-state index in [9.17, 15) is 15.2 Å². The van der Waals surface area contributed by atoms with Crippen molar-refractivity contribution in [3.63, 3.8) is 0 Å². The molecule has 4 aromatic rings. The molecule has 176 valence electrons. The fourth-order valence-corrected chi connectivity index (χ4v) is 4.05. The van der Waals surface area contributed by atoms with Gasteiger partial charge in [0.25, 0.3) is 0 Å². The van der Waals surface area contributed by atoms with Gasteiger partial charge in [-0.25, -0.2) is 9.78 Å². The Morgan fingerprint density at radius 3 is 2.29 bits per heavy atom. The van der Waals surface area contributed by atoms with Crippen LogP contribution >= 0.6 is 0 Å². The lowest BCUT2D eigenvalue weighted by Crippen LogP contribution is -2.23. The third kappa shape index (κ3) is 5.01. The second kappa shape index (κ2) is 9.96. The Morgan fingerprint density at radius 2 is 1.66 bits per heavy atom. The van der Waals surface area contributed by atoms with E-state index in [1.54, 1.807) is 31.4 Å². The second-order valence-electron chi connectivity index (χ2n) is 8.72. The average molecular weight is 466 g/mol. The maximum absolute atomic E-state index is 13.1. The van der Waals surface area contributed by atoms with Crippen LogP contribution in [-0.2, 0) is 16.9 Å². The Kier molecular flexibility index (Phi) is 6.81. The molecule has 6 nitrogen and oxygen atoms in total. The number of aromatic nitrogens is 2. The summed E-state index contributed by atoms with van der Waals surface area (Å²) in [6, 6.07) is 27.1. The van der Waals surface area contributed by atoms with Gasteiger partial charge in [-0.15, -0.1) is 0 Å². The summed E-state index contributed by atoms with van der Waals surface area (Å²) in [5.41, 5.74) is 3.33. The van der Waals surface area contributed by atoms with Crippen LogP contribution in [0.5, 0.6) is 0 Å². The van der Waals surface area contributed by atoms with Gasteiger partial charge < -0.3 is 14.4 Å². The summed E-state index contributed by atoms with van der Waals surface area (Å²) in [5.74, 6) is 0.0450. The topological polar surface area (TPSA) is 88.1 Å². The van der Waals surface area contributed by atoms with E-state index in [-0.39, 0.29) is 18.0 Å². The maximum atomic E-state index is 13.1. The van der Waals surface area contributed by atoms with Crippen LogP contribution in [0.1, 0.15) is 48.1 Å². The standard InChI is InChI=1S/C29H27N3O3/c1-4-35-28(33)25-26(29(2,3)34)31-27(22-10-6-5-7-11-22)32(25)19-20-14-16-21(17-15-20)24-13-9-8-12-23(24)18-30/h5-17,34H,4,19H2,1-3H3. The Morgan fingerprint density at radius 1 is 1.00 bits per heavy atom. The Hall–Kier alpha value is -4.21. The molecule has 0 unspecified atom stereocenters. The molecule has 0 bridgehead atoms. The van der Waals surface area contributed by atoms with E-state index in [0.717, 1.165) is 22.3 Å². The van der Waals surface area contributed by atoms with Crippen molar-refractivity contribution in [1.29, 1.82) is 5.26 Å². The number of nitrogens with zero attached hydrogens (tertiary/aromatic N) is 3. The summed E-state index contributed by atoms with van der Waals surface area (Å²) in [5, 5.41) is 20.3. The molecule has 0 atom stereocenters. The monoisotopic (exact) mass is 465 g/mol. The smallest absolute Gasteiger partial charge is 0.357 e. The third-order valence-electron chi connectivity index (χ3n) is 5.70. The summed E-state index contributed by atoms with van der Waals surface area (Å²) >= 11 is 0. The van der Waals surface area contributed by atoms with Crippen LogP contribution in [0.25, 0.3) is 22.5 Å². The van der Waals surface area contributed by atoms with Gasteiger partial charge in [0.05, 0.1) is 18.2 Å². The van der Waals surface area contributed by atoms with Crippen molar-refractivity contribution < 1.29 is 14.6 Å². The molecule has 0 radical (unpaired) electrons. The number of rotatable bonds is 7. The van der Waals surface area contributed by atoms with Crippen LogP contribution in [0.2, 0.25) is 0 Å². The number of esters is 1. The molecule has 1 aromatic heterocycles. The first kappa shape index (κ1) is 23.9. The minimum absolute atomic E-state index is 0.211. The molecule has 0 amide bonds. The minimum atomic E-state index is -1.35. The number of carbonyl (C=O) groups is 1. The molecule has 4 rings (SSSR count). The molecule has 35 heavy (non-hydrogen) atoms. The highest BCUT2D eigenvalue weighted by atomic mass is 16.5. The molecule has 1 heterocycles. The zero-order valence-corrected chi connectivity index (χ0v) is 20.0. The van der Waals surface area contributed by atoms with Crippen molar-refractivity contribution in [1.82, 2.24) is 9.55 Å². The number of ether oxygens (including phenoxy) is 1. The quantitative estimate of drug-likeness (QED) is 0.362. The SMILES string of the molecule is CCOC(=O)c1c(C(C)(C)O)nc(-c2ccccc2)n1Cc1ccc(-c2ccccc2C#N)cc1. The summed E-state index contributed by atoms with van der Waals surface area (Å²) < 4.78 is 7.16. The van der Waals surface area contributed by atoms with E-state index >= 15 is 0 Å². The normalized spacial score (nSPS) is 11.2. The number of benzene rings is 3. The zero-order valence-electron chi connectivity index (χ0n) is 20.0. The van der Waals surface area contributed by atoms with Gasteiger partial charge in [-0.2, -0.15) is 5.26 Å². The van der Waals surface area contributed by atoms with Gasteiger partial charge in [-0.05, 0) is 43.5 Å². The summed E-state index contributed by atoms with van der Waals surface area (Å²) in [6.45, 7) is 5.53. The predicted octanol–water partition coefficient (Wildman–Crippen LogP) is 5.54. The Balaban J connectivity index is 1.82. The minimum Gasteiger partial charge on any atom is -0.461 e. The van der Waals surface area contributed by atoms with Crippen LogP contribution in [0.15, 0.2) is 78.9 Å². The number of imidazole rings is 1. The van der Waals surface area contributed by atoms with Gasteiger partial charge in [0.1, 0.15) is 17.1 Å². The molecule has 3 aromatic carbocycles. The highest BCUT2D eigenvalue weighted by Crippen LogP contribution is 2.31. The highest BCUT2D eigenvalue weighted by Gasteiger charge is 2.33. The van der Waals surface area contributed by atoms with Gasteiger partial charge in [-0.3, -0.25) is 0 Å². The Bertz CT molecular complexity index is 1380. The van der Waals surface area contributed by atoms with Gasteiger partial charge in [-0.1, -0.05) is 72.8 Å². The van der Waals surface area contributed by atoms with E-state index in [4.69, 9.17) is 9.72 Å².